The van der Waals surface area contributed by atoms with Crippen molar-refractivity contribution in [1.82, 2.24) is 9.97 Å². The molecule has 0 radical (unpaired) electrons. The monoisotopic (exact) mass is 480 g/mol. The fraction of sp³-hybridized carbons (Fsp3) is 0.238. The molecule has 2 aromatic heterocycles. The lowest BCUT2D eigenvalue weighted by molar-refractivity contribution is -0.209. The molecule has 1 aliphatic rings. The number of rotatable bonds is 4. The molecule has 1 aliphatic heterocycles. The second kappa shape index (κ2) is 8.36. The van der Waals surface area contributed by atoms with Crippen molar-refractivity contribution in [2.45, 2.75) is 24.2 Å². The summed E-state index contributed by atoms with van der Waals surface area (Å²) >= 11 is 0. The Labute approximate surface area is 187 Å². The normalized spacial score (nSPS) is 20.4. The summed E-state index contributed by atoms with van der Waals surface area (Å²) in [5.41, 5.74) is 2.81. The average Bonchev–Trinajstić information content (AvgIpc) is 2.80. The fourth-order valence-corrected chi connectivity index (χ4v) is 3.62. The first-order valence-corrected chi connectivity index (χ1v) is 9.62. The van der Waals surface area contributed by atoms with Crippen LogP contribution in [0.2, 0.25) is 0 Å². The summed E-state index contributed by atoms with van der Waals surface area (Å²) in [4.78, 5) is 11.6. The molecule has 0 fully saturated rings. The van der Waals surface area contributed by atoms with Crippen LogP contribution in [0.5, 0.6) is 0 Å². The summed E-state index contributed by atoms with van der Waals surface area (Å²) in [6, 6.07) is 5.36. The van der Waals surface area contributed by atoms with E-state index in [0.29, 0.717) is 0 Å². The van der Waals surface area contributed by atoms with Gasteiger partial charge >= 0.3 is 6.18 Å². The first-order valence-electron chi connectivity index (χ1n) is 9.62. The summed E-state index contributed by atoms with van der Waals surface area (Å²) in [6.45, 7) is -1.49. The number of anilines is 2. The molecular weight excluding hydrogens is 466 g/mol. The fourth-order valence-electron chi connectivity index (χ4n) is 3.62. The molecule has 2 atom stereocenters. The van der Waals surface area contributed by atoms with Gasteiger partial charge in [-0.25, -0.2) is 23.1 Å². The average molecular weight is 480 g/mol. The molecule has 3 heterocycles. The van der Waals surface area contributed by atoms with Crippen LogP contribution in [0.25, 0.3) is 10.9 Å². The number of aromatic nitrogens is 2. The number of aliphatic imine (C=N–C) groups is 1. The zero-order valence-corrected chi connectivity index (χ0v) is 17.0. The van der Waals surface area contributed by atoms with Crippen LogP contribution in [-0.2, 0) is 10.3 Å². The van der Waals surface area contributed by atoms with Crippen molar-refractivity contribution in [3.8, 4) is 6.07 Å². The molecule has 0 amide bonds. The van der Waals surface area contributed by atoms with Gasteiger partial charge in [-0.3, -0.25) is 4.98 Å². The zero-order chi connectivity index (χ0) is 24.7. The highest BCUT2D eigenvalue weighted by Gasteiger charge is 2.52. The van der Waals surface area contributed by atoms with Gasteiger partial charge in [0.1, 0.15) is 29.6 Å². The second-order valence-corrected chi connectivity index (χ2v) is 7.47. The van der Waals surface area contributed by atoms with E-state index in [-0.39, 0.29) is 28.0 Å². The van der Waals surface area contributed by atoms with Crippen molar-refractivity contribution in [3.05, 3.63) is 59.4 Å². The largest absolute Gasteiger partial charge is 0.452 e. The van der Waals surface area contributed by atoms with E-state index in [1.165, 1.54) is 18.3 Å². The summed E-state index contributed by atoms with van der Waals surface area (Å²) in [5, 5.41) is 11.7. The number of nitrogens with two attached hydrogens (primary N) is 1. The Morgan fingerprint density at radius 2 is 1.94 bits per heavy atom. The van der Waals surface area contributed by atoms with Crippen molar-refractivity contribution in [2.75, 3.05) is 12.0 Å². The number of hydrogen-bond donors (Lipinski definition) is 2. The van der Waals surface area contributed by atoms with Gasteiger partial charge in [-0.15, -0.1) is 0 Å². The summed E-state index contributed by atoms with van der Waals surface area (Å²) in [6.07, 6.45) is -6.35. The number of alkyl halides is 4. The molecule has 0 bridgehead atoms. The minimum atomic E-state index is -4.89. The van der Waals surface area contributed by atoms with E-state index in [1.807, 2.05) is 6.07 Å². The standard InChI is InChI=1S/C21H14F6N6O/c22-9-20(5-16(21(25,26)27)34-19(29)33-20)13-4-11(1-2-14(13)23)32-18-17-12(15(24)8-31-18)3-10(6-28)7-30-17/h1-4,7-8,16H,5,9H2,(H2,29,33)(H,31,32). The van der Waals surface area contributed by atoms with Gasteiger partial charge in [-0.1, -0.05) is 0 Å². The van der Waals surface area contributed by atoms with E-state index in [9.17, 15) is 26.3 Å². The zero-order valence-electron chi connectivity index (χ0n) is 17.0. The lowest BCUT2D eigenvalue weighted by Crippen LogP contribution is -2.48. The number of benzene rings is 1. The summed E-state index contributed by atoms with van der Waals surface area (Å²) in [7, 11) is 0. The van der Waals surface area contributed by atoms with E-state index in [4.69, 9.17) is 11.0 Å². The maximum Gasteiger partial charge on any atom is 0.425 e. The lowest BCUT2D eigenvalue weighted by Gasteiger charge is -2.36. The first-order chi connectivity index (χ1) is 16.1. The topological polar surface area (TPSA) is 109 Å². The Bertz CT molecular complexity index is 1340. The molecule has 0 saturated carbocycles. The van der Waals surface area contributed by atoms with E-state index < -0.39 is 54.1 Å². The third-order valence-electron chi connectivity index (χ3n) is 5.23. The van der Waals surface area contributed by atoms with Gasteiger partial charge in [0.05, 0.1) is 11.8 Å². The van der Waals surface area contributed by atoms with Crippen molar-refractivity contribution in [1.29, 1.82) is 5.26 Å². The molecule has 34 heavy (non-hydrogen) atoms. The van der Waals surface area contributed by atoms with Gasteiger partial charge in [0.15, 0.2) is 17.7 Å². The van der Waals surface area contributed by atoms with Crippen LogP contribution in [0, 0.1) is 23.0 Å². The van der Waals surface area contributed by atoms with Crippen LogP contribution in [0.3, 0.4) is 0 Å². The summed E-state index contributed by atoms with van der Waals surface area (Å²) in [5.74, 6) is -1.75. The molecule has 0 spiro atoms. The minimum absolute atomic E-state index is 0.0101. The Morgan fingerprint density at radius 3 is 2.62 bits per heavy atom. The molecule has 13 heteroatoms. The molecule has 176 valence electrons. The van der Waals surface area contributed by atoms with Crippen LogP contribution in [-0.4, -0.2) is 34.9 Å². The Morgan fingerprint density at radius 1 is 1.18 bits per heavy atom. The highest BCUT2D eigenvalue weighted by Crippen LogP contribution is 2.42. The van der Waals surface area contributed by atoms with Gasteiger partial charge in [0.2, 0.25) is 0 Å². The molecule has 7 nitrogen and oxygen atoms in total. The minimum Gasteiger partial charge on any atom is -0.452 e. The first kappa shape index (κ1) is 23.1. The molecular formula is C21H14F6N6O. The van der Waals surface area contributed by atoms with E-state index >= 15 is 0 Å². The number of pyridine rings is 2. The molecule has 1 aromatic carbocycles. The Kier molecular flexibility index (Phi) is 5.68. The number of amidine groups is 1. The van der Waals surface area contributed by atoms with E-state index in [1.54, 1.807) is 0 Å². The predicted molar refractivity (Wildman–Crippen MR) is 109 cm³/mol. The molecule has 0 saturated heterocycles. The molecule has 2 unspecified atom stereocenters. The highest BCUT2D eigenvalue weighted by atomic mass is 19.4. The molecule has 3 aromatic rings. The van der Waals surface area contributed by atoms with E-state index in [2.05, 4.69) is 25.0 Å². The Hall–Kier alpha value is -4.08. The molecule has 4 rings (SSSR count). The molecule has 3 N–H and O–H groups in total. The number of halogens is 6. The number of hydrogen-bond acceptors (Lipinski definition) is 7. The van der Waals surface area contributed by atoms with Crippen molar-refractivity contribution >= 4 is 28.4 Å². The number of fused-ring (bicyclic) bond motifs is 1. The van der Waals surface area contributed by atoms with Crippen LogP contribution in [0.4, 0.5) is 37.8 Å². The van der Waals surface area contributed by atoms with Gasteiger partial charge in [-0.05, 0) is 24.3 Å². The van der Waals surface area contributed by atoms with Crippen LogP contribution in [0.15, 0.2) is 41.7 Å². The lowest BCUT2D eigenvalue weighted by atomic mass is 9.84. The van der Waals surface area contributed by atoms with Crippen LogP contribution < -0.4 is 11.1 Å². The number of nitrogens with zero attached hydrogens (tertiary/aromatic N) is 4. The number of nitriles is 1. The highest BCUT2D eigenvalue weighted by molar-refractivity contribution is 5.90. The van der Waals surface area contributed by atoms with Gasteiger partial charge < -0.3 is 15.8 Å². The third kappa shape index (κ3) is 4.14. The van der Waals surface area contributed by atoms with Gasteiger partial charge in [0.25, 0.3) is 6.02 Å². The molecule has 0 aliphatic carbocycles. The third-order valence-corrected chi connectivity index (χ3v) is 5.23. The predicted octanol–water partition coefficient (Wildman–Crippen LogP) is 4.35. The Balaban J connectivity index is 1.77. The SMILES string of the molecule is N#Cc1cnc2c(Nc3ccc(F)c(C4(CF)CC(C(F)(F)F)OC(N)=N4)c3)ncc(F)c2c1. The maximum atomic E-state index is 14.7. The smallest absolute Gasteiger partial charge is 0.425 e. The van der Waals surface area contributed by atoms with Crippen LogP contribution >= 0.6 is 0 Å². The van der Waals surface area contributed by atoms with Gasteiger partial charge in [-0.2, -0.15) is 18.4 Å². The van der Waals surface area contributed by atoms with Crippen LogP contribution in [0.1, 0.15) is 17.5 Å². The maximum absolute atomic E-state index is 14.7. The summed E-state index contributed by atoms with van der Waals surface area (Å²) < 4.78 is 87.4. The van der Waals surface area contributed by atoms with Gasteiger partial charge in [0, 0.05) is 29.3 Å². The number of ether oxygens (including phenoxy) is 1. The van der Waals surface area contributed by atoms with Crippen molar-refractivity contribution in [2.24, 2.45) is 10.7 Å². The quantitative estimate of drug-likeness (QED) is 0.538. The second-order valence-electron chi connectivity index (χ2n) is 7.47. The number of nitrogens with one attached hydrogen (secondary N) is 1. The van der Waals surface area contributed by atoms with E-state index in [0.717, 1.165) is 18.3 Å². The van der Waals surface area contributed by atoms with Crippen molar-refractivity contribution < 1.29 is 31.1 Å². The van der Waals surface area contributed by atoms with Crippen molar-refractivity contribution in [3.63, 3.8) is 0 Å².